The molecule has 3 heteroatoms. The van der Waals surface area contributed by atoms with E-state index in [4.69, 9.17) is 0 Å². The highest BCUT2D eigenvalue weighted by Crippen LogP contribution is 2.34. The maximum Gasteiger partial charge on any atom is 0.155 e. The number of anilines is 2. The Bertz CT molecular complexity index is 356. The molecule has 0 saturated carbocycles. The summed E-state index contributed by atoms with van der Waals surface area (Å²) in [6, 6.07) is 8.48. The summed E-state index contributed by atoms with van der Waals surface area (Å²) in [4.78, 5) is 0. The molecule has 1 N–H and O–H groups in total. The van der Waals surface area contributed by atoms with Crippen molar-refractivity contribution in [2.75, 3.05) is 23.4 Å². The van der Waals surface area contributed by atoms with Gasteiger partial charge in [-0.15, -0.1) is 0 Å². The quantitative estimate of drug-likeness (QED) is 0.778. The van der Waals surface area contributed by atoms with Crippen molar-refractivity contribution in [3.8, 4) is 0 Å². The van der Waals surface area contributed by atoms with Crippen molar-refractivity contribution < 1.29 is 0 Å². The van der Waals surface area contributed by atoms with Gasteiger partial charge in [0.05, 0.1) is 11.4 Å². The lowest BCUT2D eigenvalue weighted by Crippen LogP contribution is -2.40. The monoisotopic (exact) mass is 216 g/mol. The van der Waals surface area contributed by atoms with E-state index in [9.17, 15) is 0 Å². The average Bonchev–Trinajstić information content (AvgIpc) is 2.57. The van der Waals surface area contributed by atoms with E-state index in [2.05, 4.69) is 46.3 Å². The van der Waals surface area contributed by atoms with Crippen LogP contribution in [0, 0.1) is 6.67 Å². The van der Waals surface area contributed by atoms with Crippen molar-refractivity contribution >= 4 is 11.4 Å². The predicted molar refractivity (Wildman–Crippen MR) is 66.9 cm³/mol. The SMILES string of the molecule is [CH]1Nc2ccccc2N1N1CCCCCC1. The number of para-hydroxylation sites is 2. The average molecular weight is 216 g/mol. The minimum atomic E-state index is 1.17. The predicted octanol–water partition coefficient (Wildman–Crippen LogP) is 2.83. The molecule has 85 valence electrons. The van der Waals surface area contributed by atoms with E-state index < -0.39 is 0 Å². The zero-order valence-corrected chi connectivity index (χ0v) is 9.52. The molecule has 0 aromatic heterocycles. The highest BCUT2D eigenvalue weighted by molar-refractivity contribution is 5.76. The number of hydrogen-bond donors (Lipinski definition) is 1. The van der Waals surface area contributed by atoms with Gasteiger partial charge in [0.25, 0.3) is 0 Å². The maximum atomic E-state index is 3.33. The van der Waals surface area contributed by atoms with Crippen molar-refractivity contribution in [2.45, 2.75) is 25.7 Å². The minimum Gasteiger partial charge on any atom is -0.359 e. The van der Waals surface area contributed by atoms with Gasteiger partial charge in [0.15, 0.2) is 6.67 Å². The highest BCUT2D eigenvalue weighted by Gasteiger charge is 2.24. The Labute approximate surface area is 97.0 Å². The Kier molecular flexibility index (Phi) is 2.70. The van der Waals surface area contributed by atoms with Crippen LogP contribution >= 0.6 is 0 Å². The van der Waals surface area contributed by atoms with Gasteiger partial charge in [-0.3, -0.25) is 5.01 Å². The second-order valence-electron chi connectivity index (χ2n) is 4.50. The van der Waals surface area contributed by atoms with Crippen LogP contribution in [0.2, 0.25) is 0 Å². The van der Waals surface area contributed by atoms with Crippen LogP contribution in [-0.4, -0.2) is 18.1 Å². The van der Waals surface area contributed by atoms with Crippen molar-refractivity contribution in [1.82, 2.24) is 5.01 Å². The van der Waals surface area contributed by atoms with Gasteiger partial charge in [0.2, 0.25) is 0 Å². The number of hydrazine groups is 1. The summed E-state index contributed by atoms with van der Waals surface area (Å²) in [7, 11) is 0. The smallest absolute Gasteiger partial charge is 0.155 e. The van der Waals surface area contributed by atoms with E-state index in [0.717, 1.165) is 0 Å². The third kappa shape index (κ3) is 1.76. The molecule has 1 fully saturated rings. The van der Waals surface area contributed by atoms with Crippen LogP contribution in [0.25, 0.3) is 0 Å². The Hall–Kier alpha value is -1.22. The van der Waals surface area contributed by atoms with E-state index in [1.54, 1.807) is 0 Å². The molecule has 0 amide bonds. The second-order valence-corrected chi connectivity index (χ2v) is 4.50. The molecular formula is C13H18N3. The summed E-state index contributed by atoms with van der Waals surface area (Å²) in [5.41, 5.74) is 2.50. The third-order valence-electron chi connectivity index (χ3n) is 3.38. The maximum absolute atomic E-state index is 3.33. The second kappa shape index (κ2) is 4.34. The largest absolute Gasteiger partial charge is 0.359 e. The molecule has 3 nitrogen and oxygen atoms in total. The first-order valence-electron chi connectivity index (χ1n) is 6.18. The van der Waals surface area contributed by atoms with Gasteiger partial charge < -0.3 is 5.32 Å². The van der Waals surface area contributed by atoms with Crippen LogP contribution < -0.4 is 10.3 Å². The van der Waals surface area contributed by atoms with Gasteiger partial charge in [0.1, 0.15) is 0 Å². The van der Waals surface area contributed by atoms with Crippen molar-refractivity contribution in [1.29, 1.82) is 0 Å². The highest BCUT2D eigenvalue weighted by atomic mass is 15.7. The fourth-order valence-electron chi connectivity index (χ4n) is 2.50. The van der Waals surface area contributed by atoms with E-state index in [1.807, 2.05) is 0 Å². The number of nitrogens with zero attached hydrogens (tertiary/aromatic N) is 2. The lowest BCUT2D eigenvalue weighted by molar-refractivity contribution is 0.280. The molecule has 0 atom stereocenters. The first-order chi connectivity index (χ1) is 7.95. The zero-order valence-electron chi connectivity index (χ0n) is 9.52. The number of rotatable bonds is 1. The Morgan fingerprint density at radius 3 is 2.50 bits per heavy atom. The van der Waals surface area contributed by atoms with Gasteiger partial charge in [0, 0.05) is 13.1 Å². The Morgan fingerprint density at radius 2 is 1.69 bits per heavy atom. The minimum absolute atomic E-state index is 1.17. The Morgan fingerprint density at radius 1 is 0.938 bits per heavy atom. The van der Waals surface area contributed by atoms with Crippen molar-refractivity contribution in [3.05, 3.63) is 30.9 Å². The molecule has 2 heterocycles. The standard InChI is InChI=1S/C13H18N3/c1-2-6-10-15(9-5-1)16-11-14-12-7-3-4-8-13(12)16/h3-4,7-8,11,14H,1-2,5-6,9-10H2. The normalized spacial score (nSPS) is 21.4. The van der Waals surface area contributed by atoms with Gasteiger partial charge in [-0.25, -0.2) is 5.01 Å². The summed E-state index contributed by atoms with van der Waals surface area (Å²) in [6.07, 6.45) is 5.37. The molecule has 1 radical (unpaired) electrons. The van der Waals surface area contributed by atoms with Gasteiger partial charge >= 0.3 is 0 Å². The van der Waals surface area contributed by atoms with Crippen LogP contribution in [0.15, 0.2) is 24.3 Å². The summed E-state index contributed by atoms with van der Waals surface area (Å²) in [5, 5.41) is 8.06. The van der Waals surface area contributed by atoms with Gasteiger partial charge in [-0.2, -0.15) is 0 Å². The van der Waals surface area contributed by atoms with Crippen LogP contribution in [0.3, 0.4) is 0 Å². The van der Waals surface area contributed by atoms with E-state index in [1.165, 1.54) is 50.1 Å². The first-order valence-corrected chi connectivity index (χ1v) is 6.18. The molecule has 2 aliphatic rings. The van der Waals surface area contributed by atoms with Crippen molar-refractivity contribution in [2.24, 2.45) is 0 Å². The van der Waals surface area contributed by atoms with Gasteiger partial charge in [-0.05, 0) is 25.0 Å². The lowest BCUT2D eigenvalue weighted by atomic mass is 10.2. The first kappa shape index (κ1) is 9.97. The van der Waals surface area contributed by atoms with Crippen molar-refractivity contribution in [3.63, 3.8) is 0 Å². The van der Waals surface area contributed by atoms with E-state index >= 15 is 0 Å². The molecule has 1 aromatic rings. The summed E-state index contributed by atoms with van der Waals surface area (Å²) >= 11 is 0. The summed E-state index contributed by atoms with van der Waals surface area (Å²) in [5.74, 6) is 0. The molecule has 0 unspecified atom stereocenters. The topological polar surface area (TPSA) is 18.5 Å². The fourth-order valence-corrected chi connectivity index (χ4v) is 2.50. The van der Waals surface area contributed by atoms with E-state index in [-0.39, 0.29) is 0 Å². The fraction of sp³-hybridized carbons (Fsp3) is 0.462. The molecule has 0 spiro atoms. The number of nitrogens with one attached hydrogen (secondary N) is 1. The molecular weight excluding hydrogens is 198 g/mol. The molecule has 3 rings (SSSR count). The zero-order chi connectivity index (χ0) is 10.8. The number of benzene rings is 1. The number of hydrogen-bond acceptors (Lipinski definition) is 3. The molecule has 1 aromatic carbocycles. The molecule has 2 aliphatic heterocycles. The van der Waals surface area contributed by atoms with E-state index in [0.29, 0.717) is 0 Å². The molecule has 0 bridgehead atoms. The molecule has 0 aliphatic carbocycles. The summed E-state index contributed by atoms with van der Waals surface area (Å²) in [6.45, 7) is 4.43. The van der Waals surface area contributed by atoms with Crippen LogP contribution in [0.1, 0.15) is 25.7 Å². The summed E-state index contributed by atoms with van der Waals surface area (Å²) < 4.78 is 0. The van der Waals surface area contributed by atoms with Crippen LogP contribution in [0.5, 0.6) is 0 Å². The number of fused-ring (bicyclic) bond motifs is 1. The van der Waals surface area contributed by atoms with Crippen LogP contribution in [0.4, 0.5) is 11.4 Å². The lowest BCUT2D eigenvalue weighted by Gasteiger charge is -2.31. The van der Waals surface area contributed by atoms with Gasteiger partial charge in [-0.1, -0.05) is 25.0 Å². The molecule has 1 saturated heterocycles. The van der Waals surface area contributed by atoms with Crippen LogP contribution in [-0.2, 0) is 0 Å². The molecule has 16 heavy (non-hydrogen) atoms. The Balaban J connectivity index is 1.80. The third-order valence-corrected chi connectivity index (χ3v) is 3.38.